The molecule has 0 heterocycles. The van der Waals surface area contributed by atoms with Crippen LogP contribution in [0.15, 0.2) is 42.5 Å². The largest absolute Gasteiger partial charge is 0.496 e. The molecule has 104 valence electrons. The summed E-state index contributed by atoms with van der Waals surface area (Å²) in [6.45, 7) is 1.85. The van der Waals surface area contributed by atoms with Crippen molar-refractivity contribution in [3.05, 3.63) is 58.6 Å². The second-order valence-electron chi connectivity index (χ2n) is 4.32. The number of Topliss-reactive ketones (excluding diaryl/α,β-unsaturated/α-hetero) is 1. The summed E-state index contributed by atoms with van der Waals surface area (Å²) >= 11 is 5.94. The fraction of sp³-hybridized carbons (Fsp3) is 0.188. The van der Waals surface area contributed by atoms with Crippen LogP contribution >= 0.6 is 11.6 Å². The maximum atomic E-state index is 12.1. The first-order valence-corrected chi connectivity index (χ1v) is 6.55. The van der Waals surface area contributed by atoms with Gasteiger partial charge in [-0.1, -0.05) is 23.7 Å². The highest BCUT2D eigenvalue weighted by Gasteiger charge is 2.12. The third-order valence-corrected chi connectivity index (χ3v) is 3.33. The highest BCUT2D eigenvalue weighted by Crippen LogP contribution is 2.22. The Hall–Kier alpha value is -2.00. The molecule has 0 aliphatic heterocycles. The zero-order chi connectivity index (χ0) is 14.5. The van der Waals surface area contributed by atoms with E-state index < -0.39 is 0 Å². The molecule has 0 atom stereocenters. The lowest BCUT2D eigenvalue weighted by molar-refractivity contribution is 0.0918. The number of rotatable bonds is 5. The molecule has 0 saturated heterocycles. The van der Waals surface area contributed by atoms with Crippen LogP contribution in [0.5, 0.6) is 11.5 Å². The smallest absolute Gasteiger partial charge is 0.203 e. The van der Waals surface area contributed by atoms with Crippen molar-refractivity contribution < 1.29 is 14.3 Å². The monoisotopic (exact) mass is 290 g/mol. The third-order valence-electron chi connectivity index (χ3n) is 2.91. The molecular weight excluding hydrogens is 276 g/mol. The van der Waals surface area contributed by atoms with Crippen LogP contribution in [0.1, 0.15) is 15.9 Å². The lowest BCUT2D eigenvalue weighted by atomic mass is 10.1. The van der Waals surface area contributed by atoms with Crippen molar-refractivity contribution in [1.82, 2.24) is 0 Å². The molecule has 2 rings (SSSR count). The topological polar surface area (TPSA) is 35.5 Å². The van der Waals surface area contributed by atoms with Crippen LogP contribution in [0.4, 0.5) is 0 Å². The lowest BCUT2D eigenvalue weighted by Gasteiger charge is -2.09. The first kappa shape index (κ1) is 14.4. The number of carbonyl (C=O) groups excluding carboxylic acids is 1. The minimum Gasteiger partial charge on any atom is -0.496 e. The zero-order valence-electron chi connectivity index (χ0n) is 11.4. The normalized spacial score (nSPS) is 10.2. The summed E-state index contributed by atoms with van der Waals surface area (Å²) in [6.07, 6.45) is 0. The van der Waals surface area contributed by atoms with E-state index in [2.05, 4.69) is 0 Å². The number of ether oxygens (including phenoxy) is 2. The number of aryl methyl sites for hydroxylation is 1. The van der Waals surface area contributed by atoms with Gasteiger partial charge in [0.25, 0.3) is 0 Å². The molecule has 0 spiro atoms. The average molecular weight is 291 g/mol. The van der Waals surface area contributed by atoms with Crippen molar-refractivity contribution in [2.24, 2.45) is 0 Å². The molecule has 0 amide bonds. The minimum atomic E-state index is -0.130. The Labute approximate surface area is 123 Å². The summed E-state index contributed by atoms with van der Waals surface area (Å²) in [6, 6.07) is 12.4. The van der Waals surface area contributed by atoms with Gasteiger partial charge in [0, 0.05) is 5.02 Å². The quantitative estimate of drug-likeness (QED) is 0.783. The Morgan fingerprint density at radius 3 is 2.65 bits per heavy atom. The van der Waals surface area contributed by atoms with Crippen LogP contribution in [0.25, 0.3) is 0 Å². The Morgan fingerprint density at radius 2 is 1.95 bits per heavy atom. The van der Waals surface area contributed by atoms with E-state index in [4.69, 9.17) is 21.1 Å². The molecule has 0 saturated carbocycles. The summed E-state index contributed by atoms with van der Waals surface area (Å²) in [4.78, 5) is 12.1. The molecule has 0 fully saturated rings. The molecule has 0 aromatic heterocycles. The summed E-state index contributed by atoms with van der Waals surface area (Å²) in [7, 11) is 1.54. The Bertz CT molecular complexity index is 623. The second-order valence-corrected chi connectivity index (χ2v) is 4.73. The standard InChI is InChI=1S/C16H15ClO3/c1-11-9-12(7-8-14(11)17)20-10-15(18)13-5-3-4-6-16(13)19-2/h3-9H,10H2,1-2H3. The van der Waals surface area contributed by atoms with E-state index in [1.54, 1.807) is 36.4 Å². The van der Waals surface area contributed by atoms with E-state index in [1.807, 2.05) is 13.0 Å². The second kappa shape index (κ2) is 6.44. The molecule has 2 aromatic carbocycles. The highest BCUT2D eigenvalue weighted by molar-refractivity contribution is 6.31. The van der Waals surface area contributed by atoms with E-state index in [1.165, 1.54) is 7.11 Å². The molecule has 0 radical (unpaired) electrons. The van der Waals surface area contributed by atoms with Gasteiger partial charge < -0.3 is 9.47 Å². The molecule has 20 heavy (non-hydrogen) atoms. The summed E-state index contributed by atoms with van der Waals surface area (Å²) in [5.74, 6) is 1.04. The molecule has 3 nitrogen and oxygen atoms in total. The van der Waals surface area contributed by atoms with Crippen molar-refractivity contribution >= 4 is 17.4 Å². The van der Waals surface area contributed by atoms with E-state index in [9.17, 15) is 4.79 Å². The molecule has 4 heteroatoms. The Balaban J connectivity index is 2.06. The van der Waals surface area contributed by atoms with E-state index in [0.717, 1.165) is 5.56 Å². The summed E-state index contributed by atoms with van der Waals surface area (Å²) in [5, 5.41) is 0.674. The van der Waals surface area contributed by atoms with Gasteiger partial charge in [-0.15, -0.1) is 0 Å². The van der Waals surface area contributed by atoms with Crippen LogP contribution in [-0.2, 0) is 0 Å². The van der Waals surface area contributed by atoms with Crippen LogP contribution in [0.2, 0.25) is 5.02 Å². The molecule has 2 aromatic rings. The van der Waals surface area contributed by atoms with Gasteiger partial charge in [-0.2, -0.15) is 0 Å². The number of halogens is 1. The molecule has 0 unspecified atom stereocenters. The maximum absolute atomic E-state index is 12.1. The van der Waals surface area contributed by atoms with Gasteiger partial charge in [0.2, 0.25) is 5.78 Å². The van der Waals surface area contributed by atoms with Crippen molar-refractivity contribution in [3.63, 3.8) is 0 Å². The lowest BCUT2D eigenvalue weighted by Crippen LogP contribution is -2.12. The Morgan fingerprint density at radius 1 is 1.20 bits per heavy atom. The fourth-order valence-electron chi connectivity index (χ4n) is 1.81. The number of carbonyl (C=O) groups is 1. The van der Waals surface area contributed by atoms with Gasteiger partial charge in [0.15, 0.2) is 6.61 Å². The summed E-state index contributed by atoms with van der Waals surface area (Å²) < 4.78 is 10.7. The highest BCUT2D eigenvalue weighted by atomic mass is 35.5. The van der Waals surface area contributed by atoms with Crippen LogP contribution in [0.3, 0.4) is 0 Å². The minimum absolute atomic E-state index is 0.0402. The van der Waals surface area contributed by atoms with Crippen LogP contribution in [0, 0.1) is 6.92 Å². The predicted octanol–water partition coefficient (Wildman–Crippen LogP) is 3.92. The molecule has 0 N–H and O–H groups in total. The maximum Gasteiger partial charge on any atom is 0.203 e. The van der Waals surface area contributed by atoms with E-state index >= 15 is 0 Å². The van der Waals surface area contributed by atoms with Gasteiger partial charge in [-0.3, -0.25) is 4.79 Å². The van der Waals surface area contributed by atoms with Crippen molar-refractivity contribution in [2.45, 2.75) is 6.92 Å². The van der Waals surface area contributed by atoms with Crippen LogP contribution < -0.4 is 9.47 Å². The fourth-order valence-corrected chi connectivity index (χ4v) is 1.93. The van der Waals surface area contributed by atoms with Gasteiger partial charge in [-0.25, -0.2) is 0 Å². The van der Waals surface area contributed by atoms with Gasteiger partial charge in [-0.05, 0) is 42.8 Å². The number of hydrogen-bond donors (Lipinski definition) is 0. The number of para-hydroxylation sites is 1. The number of benzene rings is 2. The zero-order valence-corrected chi connectivity index (χ0v) is 12.1. The molecular formula is C16H15ClO3. The van der Waals surface area contributed by atoms with Gasteiger partial charge in [0.05, 0.1) is 12.7 Å². The SMILES string of the molecule is COc1ccccc1C(=O)COc1ccc(Cl)c(C)c1. The third kappa shape index (κ3) is 3.31. The average Bonchev–Trinajstić information content (AvgIpc) is 2.48. The predicted molar refractivity (Wildman–Crippen MR) is 79.0 cm³/mol. The first-order chi connectivity index (χ1) is 9.61. The number of methoxy groups -OCH3 is 1. The van der Waals surface area contributed by atoms with Crippen LogP contribution in [-0.4, -0.2) is 19.5 Å². The van der Waals surface area contributed by atoms with Crippen molar-refractivity contribution in [1.29, 1.82) is 0 Å². The number of ketones is 1. The summed E-state index contributed by atoms with van der Waals surface area (Å²) in [5.41, 5.74) is 1.43. The molecule has 0 aliphatic rings. The van der Waals surface area contributed by atoms with Crippen molar-refractivity contribution in [2.75, 3.05) is 13.7 Å². The van der Waals surface area contributed by atoms with Crippen molar-refractivity contribution in [3.8, 4) is 11.5 Å². The van der Waals surface area contributed by atoms with E-state index in [-0.39, 0.29) is 12.4 Å². The van der Waals surface area contributed by atoms with Gasteiger partial charge >= 0.3 is 0 Å². The van der Waals surface area contributed by atoms with Gasteiger partial charge in [0.1, 0.15) is 11.5 Å². The molecule has 0 bridgehead atoms. The molecule has 0 aliphatic carbocycles. The Kier molecular flexibility index (Phi) is 4.64. The number of hydrogen-bond acceptors (Lipinski definition) is 3. The van der Waals surface area contributed by atoms with E-state index in [0.29, 0.717) is 22.1 Å². The first-order valence-electron chi connectivity index (χ1n) is 6.17.